The van der Waals surface area contributed by atoms with Crippen LogP contribution in [-0.4, -0.2) is 0 Å². The minimum absolute atomic E-state index is 0.387. The van der Waals surface area contributed by atoms with Crippen molar-refractivity contribution in [1.29, 1.82) is 0 Å². The van der Waals surface area contributed by atoms with Gasteiger partial charge in [0.2, 0.25) is 0 Å². The fourth-order valence-electron chi connectivity index (χ4n) is 1.86. The van der Waals surface area contributed by atoms with Crippen molar-refractivity contribution < 1.29 is 13.2 Å². The highest BCUT2D eigenvalue weighted by Gasteiger charge is 2.30. The number of hydrogen-bond donors (Lipinski definition) is 1. The molecule has 1 nitrogen and oxygen atoms in total. The van der Waals surface area contributed by atoms with Crippen LogP contribution >= 0.6 is 31.9 Å². The number of benzene rings is 2. The van der Waals surface area contributed by atoms with Gasteiger partial charge in [0.1, 0.15) is 0 Å². The van der Waals surface area contributed by atoms with Crippen LogP contribution in [0.5, 0.6) is 0 Å². The maximum Gasteiger partial charge on any atom is 0.416 e. The van der Waals surface area contributed by atoms with E-state index < -0.39 is 11.7 Å². The van der Waals surface area contributed by atoms with Gasteiger partial charge in [-0.2, -0.15) is 13.2 Å². The number of rotatable bonds is 4. The van der Waals surface area contributed by atoms with E-state index >= 15 is 0 Å². The first-order valence-corrected chi connectivity index (χ1v) is 7.75. The molecule has 0 radical (unpaired) electrons. The predicted octanol–water partition coefficient (Wildman–Crippen LogP) is 5.52. The fraction of sp³-hybridized carbons (Fsp3) is 0.200. The number of nitrogens with one attached hydrogen (secondary N) is 1. The third-order valence-electron chi connectivity index (χ3n) is 2.90. The van der Waals surface area contributed by atoms with Gasteiger partial charge in [-0.3, -0.25) is 0 Å². The van der Waals surface area contributed by atoms with Crippen LogP contribution in [0.25, 0.3) is 0 Å². The van der Waals surface area contributed by atoms with Gasteiger partial charge in [0, 0.05) is 22.0 Å². The van der Waals surface area contributed by atoms with Crippen LogP contribution < -0.4 is 5.32 Å². The fourth-order valence-corrected chi connectivity index (χ4v) is 2.53. The van der Waals surface area contributed by atoms with E-state index in [1.807, 2.05) is 18.2 Å². The SMILES string of the molecule is FC(F)(F)c1cccc(CNCc2ccc(Br)c(Br)c2)c1. The molecule has 0 bridgehead atoms. The average Bonchev–Trinajstić information content (AvgIpc) is 2.42. The van der Waals surface area contributed by atoms with Crippen LogP contribution in [0.15, 0.2) is 51.4 Å². The zero-order chi connectivity index (χ0) is 15.5. The predicted molar refractivity (Wildman–Crippen MR) is 83.8 cm³/mol. The summed E-state index contributed by atoms with van der Waals surface area (Å²) in [5.41, 5.74) is 1.05. The van der Waals surface area contributed by atoms with E-state index in [-0.39, 0.29) is 0 Å². The molecular formula is C15H12Br2F3N. The molecule has 2 rings (SSSR count). The molecule has 0 aliphatic heterocycles. The molecule has 2 aromatic carbocycles. The summed E-state index contributed by atoms with van der Waals surface area (Å²) in [6.07, 6.45) is -4.30. The van der Waals surface area contributed by atoms with E-state index in [9.17, 15) is 13.2 Å². The standard InChI is InChI=1S/C15H12Br2F3N/c16-13-5-4-11(7-14(13)17)9-21-8-10-2-1-3-12(6-10)15(18,19)20/h1-7,21H,8-9H2. The third-order valence-corrected chi connectivity index (χ3v) is 4.78. The average molecular weight is 423 g/mol. The Morgan fingerprint density at radius 3 is 2.14 bits per heavy atom. The Labute approximate surface area is 137 Å². The van der Waals surface area contributed by atoms with Crippen molar-refractivity contribution in [2.45, 2.75) is 19.3 Å². The number of halogens is 5. The summed E-state index contributed by atoms with van der Waals surface area (Å²) >= 11 is 6.80. The smallest absolute Gasteiger partial charge is 0.309 e. The highest BCUT2D eigenvalue weighted by Crippen LogP contribution is 2.29. The van der Waals surface area contributed by atoms with Crippen LogP contribution in [0.1, 0.15) is 16.7 Å². The minimum Gasteiger partial charge on any atom is -0.309 e. The number of hydrogen-bond acceptors (Lipinski definition) is 1. The highest BCUT2D eigenvalue weighted by molar-refractivity contribution is 9.13. The lowest BCUT2D eigenvalue weighted by Gasteiger charge is -2.10. The van der Waals surface area contributed by atoms with Gasteiger partial charge in [-0.05, 0) is 61.2 Å². The monoisotopic (exact) mass is 421 g/mol. The summed E-state index contributed by atoms with van der Waals surface area (Å²) in [6.45, 7) is 0.972. The van der Waals surface area contributed by atoms with Crippen molar-refractivity contribution >= 4 is 31.9 Å². The molecule has 0 fully saturated rings. The van der Waals surface area contributed by atoms with Crippen LogP contribution in [0.4, 0.5) is 13.2 Å². The summed E-state index contributed by atoms with van der Waals surface area (Å²) in [7, 11) is 0. The molecule has 0 aliphatic carbocycles. The topological polar surface area (TPSA) is 12.0 Å². The van der Waals surface area contributed by atoms with Crippen molar-refractivity contribution in [2.24, 2.45) is 0 Å². The molecule has 0 saturated heterocycles. The van der Waals surface area contributed by atoms with Gasteiger partial charge in [-0.1, -0.05) is 24.3 Å². The second kappa shape index (κ2) is 6.94. The van der Waals surface area contributed by atoms with Crippen molar-refractivity contribution in [1.82, 2.24) is 5.32 Å². The van der Waals surface area contributed by atoms with E-state index in [2.05, 4.69) is 37.2 Å². The largest absolute Gasteiger partial charge is 0.416 e. The minimum atomic E-state index is -4.30. The highest BCUT2D eigenvalue weighted by atomic mass is 79.9. The molecule has 0 heterocycles. The van der Waals surface area contributed by atoms with Gasteiger partial charge in [0.25, 0.3) is 0 Å². The molecule has 0 aliphatic rings. The Hall–Kier alpha value is -0.850. The third kappa shape index (κ3) is 4.83. The quantitative estimate of drug-likeness (QED) is 0.683. The summed E-state index contributed by atoms with van der Waals surface area (Å²) in [5.74, 6) is 0. The van der Waals surface area contributed by atoms with Gasteiger partial charge in [0.15, 0.2) is 0 Å². The molecule has 21 heavy (non-hydrogen) atoms. The van der Waals surface area contributed by atoms with Crippen LogP contribution in [0.3, 0.4) is 0 Å². The van der Waals surface area contributed by atoms with E-state index in [1.165, 1.54) is 12.1 Å². The summed E-state index contributed by atoms with van der Waals surface area (Å²) in [6, 6.07) is 11.2. The summed E-state index contributed by atoms with van der Waals surface area (Å²) < 4.78 is 39.7. The molecular weight excluding hydrogens is 411 g/mol. The van der Waals surface area contributed by atoms with Crippen LogP contribution in [0.2, 0.25) is 0 Å². The van der Waals surface area contributed by atoms with Crippen LogP contribution in [0, 0.1) is 0 Å². The lowest BCUT2D eigenvalue weighted by molar-refractivity contribution is -0.137. The maximum atomic E-state index is 12.6. The Balaban J connectivity index is 1.96. The van der Waals surface area contributed by atoms with Gasteiger partial charge < -0.3 is 5.32 Å². The van der Waals surface area contributed by atoms with E-state index in [4.69, 9.17) is 0 Å². The van der Waals surface area contributed by atoms with Crippen LogP contribution in [-0.2, 0) is 19.3 Å². The Morgan fingerprint density at radius 1 is 0.857 bits per heavy atom. The molecule has 0 aromatic heterocycles. The molecule has 1 N–H and O–H groups in total. The first-order chi connectivity index (χ1) is 9.86. The first-order valence-electron chi connectivity index (χ1n) is 6.17. The summed E-state index contributed by atoms with van der Waals surface area (Å²) in [5, 5.41) is 3.14. The molecule has 0 unspecified atom stereocenters. The normalized spacial score (nSPS) is 11.7. The van der Waals surface area contributed by atoms with Gasteiger partial charge in [-0.15, -0.1) is 0 Å². The van der Waals surface area contributed by atoms with E-state index in [0.29, 0.717) is 18.7 Å². The molecule has 0 spiro atoms. The number of alkyl halides is 3. The Kier molecular flexibility index (Phi) is 5.46. The van der Waals surface area contributed by atoms with Crippen molar-refractivity contribution in [3.63, 3.8) is 0 Å². The van der Waals surface area contributed by atoms with Gasteiger partial charge >= 0.3 is 6.18 Å². The van der Waals surface area contributed by atoms with Gasteiger partial charge in [0.05, 0.1) is 5.56 Å². The second-order valence-electron chi connectivity index (χ2n) is 4.55. The van der Waals surface area contributed by atoms with Crippen molar-refractivity contribution in [3.05, 3.63) is 68.1 Å². The van der Waals surface area contributed by atoms with Crippen molar-refractivity contribution in [3.8, 4) is 0 Å². The first kappa shape index (κ1) is 16.5. The molecule has 6 heteroatoms. The second-order valence-corrected chi connectivity index (χ2v) is 6.26. The van der Waals surface area contributed by atoms with Crippen molar-refractivity contribution in [2.75, 3.05) is 0 Å². The zero-order valence-electron chi connectivity index (χ0n) is 10.8. The van der Waals surface area contributed by atoms with E-state index in [1.54, 1.807) is 6.07 Å². The Morgan fingerprint density at radius 2 is 1.52 bits per heavy atom. The zero-order valence-corrected chi connectivity index (χ0v) is 14.0. The van der Waals surface area contributed by atoms with Gasteiger partial charge in [-0.25, -0.2) is 0 Å². The molecule has 0 amide bonds. The summed E-state index contributed by atoms with van der Waals surface area (Å²) in [4.78, 5) is 0. The molecule has 0 atom stereocenters. The molecule has 0 saturated carbocycles. The maximum absolute atomic E-state index is 12.6. The Bertz CT molecular complexity index is 627. The lowest BCUT2D eigenvalue weighted by atomic mass is 10.1. The van der Waals surface area contributed by atoms with E-state index in [0.717, 1.165) is 20.6 Å². The molecule has 2 aromatic rings. The molecule has 112 valence electrons. The lowest BCUT2D eigenvalue weighted by Crippen LogP contribution is -2.13.